The van der Waals surface area contributed by atoms with Crippen LogP contribution < -0.4 is 4.74 Å². The second-order valence-electron chi connectivity index (χ2n) is 3.99. The van der Waals surface area contributed by atoms with Crippen molar-refractivity contribution in [3.63, 3.8) is 0 Å². The maximum absolute atomic E-state index is 12.8. The number of halogens is 5. The summed E-state index contributed by atoms with van der Waals surface area (Å²) in [5.74, 6) is 0.122. The van der Waals surface area contributed by atoms with Gasteiger partial charge in [0.15, 0.2) is 0 Å². The second kappa shape index (κ2) is 5.94. The van der Waals surface area contributed by atoms with E-state index in [2.05, 4.69) is 0 Å². The highest BCUT2D eigenvalue weighted by molar-refractivity contribution is 6.32. The molecular formula is C14H9Cl2F3O. The Morgan fingerprint density at radius 2 is 1.70 bits per heavy atom. The number of benzene rings is 2. The first-order chi connectivity index (χ1) is 9.41. The molecule has 0 fully saturated rings. The lowest BCUT2D eigenvalue weighted by molar-refractivity contribution is -0.138. The van der Waals surface area contributed by atoms with E-state index in [4.69, 9.17) is 27.9 Å². The Morgan fingerprint density at radius 3 is 2.30 bits per heavy atom. The molecule has 0 heterocycles. The minimum atomic E-state index is -4.49. The average Bonchev–Trinajstić information content (AvgIpc) is 2.40. The van der Waals surface area contributed by atoms with E-state index in [1.54, 1.807) is 12.1 Å². The number of rotatable bonds is 3. The molecule has 0 bridgehead atoms. The Labute approximate surface area is 123 Å². The van der Waals surface area contributed by atoms with Crippen molar-refractivity contribution < 1.29 is 17.9 Å². The zero-order valence-electron chi connectivity index (χ0n) is 10.0. The van der Waals surface area contributed by atoms with Crippen molar-refractivity contribution >= 4 is 23.2 Å². The SMILES string of the molecule is FC(F)(F)c1ccccc1Oc1ccc(CCl)cc1Cl. The predicted molar refractivity (Wildman–Crippen MR) is 72.5 cm³/mol. The van der Waals surface area contributed by atoms with Gasteiger partial charge in [0.2, 0.25) is 0 Å². The first-order valence-corrected chi connectivity index (χ1v) is 6.51. The molecule has 0 aliphatic heterocycles. The Hall–Kier alpha value is -1.39. The van der Waals surface area contributed by atoms with E-state index in [-0.39, 0.29) is 22.4 Å². The molecule has 0 aromatic heterocycles. The molecule has 2 rings (SSSR count). The molecule has 0 spiro atoms. The molecule has 0 N–H and O–H groups in total. The van der Waals surface area contributed by atoms with E-state index >= 15 is 0 Å². The van der Waals surface area contributed by atoms with Gasteiger partial charge in [-0.3, -0.25) is 0 Å². The topological polar surface area (TPSA) is 9.23 Å². The summed E-state index contributed by atoms with van der Waals surface area (Å²) in [6.45, 7) is 0. The Bertz CT molecular complexity index is 612. The Morgan fingerprint density at radius 1 is 1.00 bits per heavy atom. The number of ether oxygens (including phenoxy) is 1. The van der Waals surface area contributed by atoms with Crippen LogP contribution in [0.4, 0.5) is 13.2 Å². The fourth-order valence-corrected chi connectivity index (χ4v) is 2.03. The lowest BCUT2D eigenvalue weighted by Crippen LogP contribution is -2.06. The molecule has 0 radical (unpaired) electrons. The largest absolute Gasteiger partial charge is 0.455 e. The summed E-state index contributed by atoms with van der Waals surface area (Å²) in [5.41, 5.74) is -0.0920. The Kier molecular flexibility index (Phi) is 4.45. The van der Waals surface area contributed by atoms with Crippen molar-refractivity contribution in [2.24, 2.45) is 0 Å². The molecule has 0 saturated heterocycles. The van der Waals surface area contributed by atoms with Crippen LogP contribution in [0, 0.1) is 0 Å². The van der Waals surface area contributed by atoms with Crippen LogP contribution in [-0.2, 0) is 12.1 Å². The van der Waals surface area contributed by atoms with Gasteiger partial charge >= 0.3 is 6.18 Å². The first-order valence-electron chi connectivity index (χ1n) is 5.60. The maximum atomic E-state index is 12.8. The van der Waals surface area contributed by atoms with Gasteiger partial charge in [-0.05, 0) is 29.8 Å². The third-order valence-electron chi connectivity index (χ3n) is 2.56. The van der Waals surface area contributed by atoms with E-state index in [1.165, 1.54) is 24.3 Å². The fourth-order valence-electron chi connectivity index (χ4n) is 1.62. The van der Waals surface area contributed by atoms with Crippen molar-refractivity contribution in [1.29, 1.82) is 0 Å². The molecular weight excluding hydrogens is 312 g/mol. The van der Waals surface area contributed by atoms with Crippen LogP contribution in [0.1, 0.15) is 11.1 Å². The van der Waals surface area contributed by atoms with Crippen molar-refractivity contribution in [1.82, 2.24) is 0 Å². The molecule has 2 aromatic rings. The van der Waals surface area contributed by atoms with Crippen molar-refractivity contribution in [2.75, 3.05) is 0 Å². The van der Waals surface area contributed by atoms with E-state index in [1.807, 2.05) is 0 Å². The smallest absolute Gasteiger partial charge is 0.419 e. The third kappa shape index (κ3) is 3.38. The highest BCUT2D eigenvalue weighted by Gasteiger charge is 2.34. The summed E-state index contributed by atoms with van der Waals surface area (Å²) < 4.78 is 43.8. The number of alkyl halides is 4. The van der Waals surface area contributed by atoms with Gasteiger partial charge in [0, 0.05) is 5.88 Å². The van der Waals surface area contributed by atoms with E-state index in [0.717, 1.165) is 11.6 Å². The fraction of sp³-hybridized carbons (Fsp3) is 0.143. The summed E-state index contributed by atoms with van der Waals surface area (Å²) in [7, 11) is 0. The molecule has 0 amide bonds. The zero-order chi connectivity index (χ0) is 14.8. The lowest BCUT2D eigenvalue weighted by atomic mass is 10.2. The minimum absolute atomic E-state index is 0.150. The van der Waals surface area contributed by atoms with Gasteiger partial charge in [0.25, 0.3) is 0 Å². The second-order valence-corrected chi connectivity index (χ2v) is 4.67. The lowest BCUT2D eigenvalue weighted by Gasteiger charge is -2.14. The minimum Gasteiger partial charge on any atom is -0.455 e. The van der Waals surface area contributed by atoms with Crippen LogP contribution in [-0.4, -0.2) is 0 Å². The van der Waals surface area contributed by atoms with Crippen molar-refractivity contribution in [2.45, 2.75) is 12.1 Å². The molecule has 0 aliphatic carbocycles. The van der Waals surface area contributed by atoms with Crippen LogP contribution in [0.25, 0.3) is 0 Å². The summed E-state index contributed by atoms with van der Waals surface area (Å²) in [6.07, 6.45) is -4.49. The molecule has 6 heteroatoms. The zero-order valence-corrected chi connectivity index (χ0v) is 11.6. The van der Waals surface area contributed by atoms with Gasteiger partial charge < -0.3 is 4.74 Å². The molecule has 0 unspecified atom stereocenters. The van der Waals surface area contributed by atoms with Gasteiger partial charge in [0.1, 0.15) is 11.5 Å². The Balaban J connectivity index is 2.36. The van der Waals surface area contributed by atoms with Gasteiger partial charge in [-0.15, -0.1) is 11.6 Å². The van der Waals surface area contributed by atoms with Crippen LogP contribution >= 0.6 is 23.2 Å². The van der Waals surface area contributed by atoms with E-state index < -0.39 is 11.7 Å². The van der Waals surface area contributed by atoms with E-state index in [9.17, 15) is 13.2 Å². The summed E-state index contributed by atoms with van der Waals surface area (Å²) >= 11 is 11.6. The molecule has 20 heavy (non-hydrogen) atoms. The van der Waals surface area contributed by atoms with Gasteiger partial charge in [0.05, 0.1) is 10.6 Å². The molecule has 1 nitrogen and oxygen atoms in total. The monoisotopic (exact) mass is 320 g/mol. The molecule has 2 aromatic carbocycles. The highest BCUT2D eigenvalue weighted by Crippen LogP contribution is 2.39. The van der Waals surface area contributed by atoms with Crippen molar-refractivity contribution in [3.05, 3.63) is 58.6 Å². The highest BCUT2D eigenvalue weighted by atomic mass is 35.5. The maximum Gasteiger partial charge on any atom is 0.419 e. The van der Waals surface area contributed by atoms with Crippen LogP contribution in [0.3, 0.4) is 0 Å². The summed E-state index contributed by atoms with van der Waals surface area (Å²) in [4.78, 5) is 0. The van der Waals surface area contributed by atoms with Crippen LogP contribution in [0.5, 0.6) is 11.5 Å². The first kappa shape index (κ1) is 15.0. The molecule has 106 valence electrons. The standard InChI is InChI=1S/C14H9Cl2F3O/c15-8-9-5-6-13(11(16)7-9)20-12-4-2-1-3-10(12)14(17,18)19/h1-7H,8H2. The number of hydrogen-bond acceptors (Lipinski definition) is 1. The number of hydrogen-bond donors (Lipinski definition) is 0. The molecule has 0 atom stereocenters. The van der Waals surface area contributed by atoms with Gasteiger partial charge in [-0.25, -0.2) is 0 Å². The molecule has 0 saturated carbocycles. The van der Waals surface area contributed by atoms with Gasteiger partial charge in [-0.1, -0.05) is 29.8 Å². The van der Waals surface area contributed by atoms with Crippen LogP contribution in [0.2, 0.25) is 5.02 Å². The molecule has 0 aliphatic rings. The quantitative estimate of drug-likeness (QED) is 0.641. The van der Waals surface area contributed by atoms with Crippen molar-refractivity contribution in [3.8, 4) is 11.5 Å². The van der Waals surface area contributed by atoms with E-state index in [0.29, 0.717) is 0 Å². The van der Waals surface area contributed by atoms with Crippen LogP contribution in [0.15, 0.2) is 42.5 Å². The normalized spacial score (nSPS) is 11.4. The third-order valence-corrected chi connectivity index (χ3v) is 3.17. The average molecular weight is 321 g/mol. The predicted octanol–water partition coefficient (Wildman–Crippen LogP) is 5.89. The summed E-state index contributed by atoms with van der Waals surface area (Å²) in [6, 6.07) is 9.65. The summed E-state index contributed by atoms with van der Waals surface area (Å²) in [5, 5.41) is 0.208. The number of para-hydroxylation sites is 1. The van der Waals surface area contributed by atoms with Gasteiger partial charge in [-0.2, -0.15) is 13.2 Å².